The van der Waals surface area contributed by atoms with Crippen LogP contribution in [0.1, 0.15) is 40.9 Å². The van der Waals surface area contributed by atoms with Gasteiger partial charge in [0.25, 0.3) is 0 Å². The minimum atomic E-state index is 0.200. The highest BCUT2D eigenvalue weighted by Crippen LogP contribution is 2.26. The Labute approximate surface area is 231 Å². The first-order valence-electron chi connectivity index (χ1n) is 14.0. The lowest BCUT2D eigenvalue weighted by molar-refractivity contribution is 0.141. The Morgan fingerprint density at radius 1 is 0.923 bits per heavy atom. The molecule has 0 saturated carbocycles. The van der Waals surface area contributed by atoms with Gasteiger partial charge in [0.1, 0.15) is 11.4 Å². The summed E-state index contributed by atoms with van der Waals surface area (Å²) in [4.78, 5) is 12.1. The molecule has 8 heteroatoms. The first kappa shape index (κ1) is 27.0. The van der Waals surface area contributed by atoms with Crippen LogP contribution in [-0.4, -0.2) is 63.9 Å². The molecule has 1 aliphatic heterocycles. The zero-order valence-corrected chi connectivity index (χ0v) is 23.3. The standard InChI is InChI=1S/C31H40N6O2/c1-22-16-23(2)18-26(17-22)33-20-25-7-8-29-27(19-25)35-31(32-10-4-11-36-12-5-14-39-15-13-36)37(29)21-28-30(38)9-6-24(3)34-28/h6-9,16-19,33,38H,4-5,10-15,20-21H2,1-3H3,(H,32,35). The molecule has 1 saturated heterocycles. The lowest BCUT2D eigenvalue weighted by Gasteiger charge is -2.19. The smallest absolute Gasteiger partial charge is 0.204 e. The molecular formula is C31H40N6O2. The van der Waals surface area contributed by atoms with Gasteiger partial charge in [-0.3, -0.25) is 4.98 Å². The number of aromatic nitrogens is 3. The molecule has 5 rings (SSSR count). The Bertz CT molecular complexity index is 1390. The van der Waals surface area contributed by atoms with Gasteiger partial charge in [0.05, 0.1) is 24.2 Å². The molecule has 0 radical (unpaired) electrons. The number of hydrogen-bond donors (Lipinski definition) is 3. The number of aryl methyl sites for hydroxylation is 3. The SMILES string of the molecule is Cc1cc(C)cc(NCc2ccc3c(c2)nc(NCCCN2CCCOCC2)n3Cc2nc(C)ccc2O)c1. The average Bonchev–Trinajstić information content (AvgIpc) is 3.05. The van der Waals surface area contributed by atoms with E-state index in [2.05, 4.69) is 75.3 Å². The molecule has 0 bridgehead atoms. The van der Waals surface area contributed by atoms with Gasteiger partial charge in [-0.2, -0.15) is 0 Å². The topological polar surface area (TPSA) is 87.5 Å². The molecule has 8 nitrogen and oxygen atoms in total. The summed E-state index contributed by atoms with van der Waals surface area (Å²) in [6.45, 7) is 13.0. The molecule has 4 aromatic rings. The van der Waals surface area contributed by atoms with E-state index < -0.39 is 0 Å². The van der Waals surface area contributed by atoms with Crippen molar-refractivity contribution < 1.29 is 9.84 Å². The molecule has 0 atom stereocenters. The van der Waals surface area contributed by atoms with E-state index in [4.69, 9.17) is 9.72 Å². The number of fused-ring (bicyclic) bond motifs is 1. The van der Waals surface area contributed by atoms with E-state index in [0.717, 1.165) is 86.2 Å². The van der Waals surface area contributed by atoms with Crippen LogP contribution in [0.4, 0.5) is 11.6 Å². The van der Waals surface area contributed by atoms with Gasteiger partial charge in [0.15, 0.2) is 0 Å². The number of imidazole rings is 1. The Hall–Kier alpha value is -3.62. The third-order valence-corrected chi connectivity index (χ3v) is 7.18. The third-order valence-electron chi connectivity index (χ3n) is 7.18. The van der Waals surface area contributed by atoms with Crippen LogP contribution >= 0.6 is 0 Å². The van der Waals surface area contributed by atoms with Crippen molar-refractivity contribution >= 4 is 22.7 Å². The van der Waals surface area contributed by atoms with Crippen molar-refractivity contribution in [2.24, 2.45) is 0 Å². The van der Waals surface area contributed by atoms with Crippen molar-refractivity contribution in [3.63, 3.8) is 0 Å². The monoisotopic (exact) mass is 528 g/mol. The molecule has 0 unspecified atom stereocenters. The first-order chi connectivity index (χ1) is 18.9. The van der Waals surface area contributed by atoms with E-state index >= 15 is 0 Å². The summed E-state index contributed by atoms with van der Waals surface area (Å²) in [5.41, 5.74) is 8.24. The van der Waals surface area contributed by atoms with Gasteiger partial charge in [-0.15, -0.1) is 0 Å². The van der Waals surface area contributed by atoms with Gasteiger partial charge in [-0.25, -0.2) is 4.98 Å². The molecule has 3 heterocycles. The predicted octanol–water partition coefficient (Wildman–Crippen LogP) is 5.25. The van der Waals surface area contributed by atoms with Crippen molar-refractivity contribution in [1.29, 1.82) is 0 Å². The van der Waals surface area contributed by atoms with Crippen LogP contribution in [-0.2, 0) is 17.8 Å². The minimum Gasteiger partial charge on any atom is -0.506 e. The number of rotatable bonds is 10. The molecule has 0 spiro atoms. The zero-order valence-electron chi connectivity index (χ0n) is 23.3. The summed E-state index contributed by atoms with van der Waals surface area (Å²) in [5.74, 6) is 0.998. The molecule has 3 N–H and O–H groups in total. The van der Waals surface area contributed by atoms with Crippen molar-refractivity contribution in [1.82, 2.24) is 19.4 Å². The molecule has 39 heavy (non-hydrogen) atoms. The van der Waals surface area contributed by atoms with E-state index in [9.17, 15) is 5.11 Å². The highest BCUT2D eigenvalue weighted by molar-refractivity contribution is 5.79. The van der Waals surface area contributed by atoms with Crippen LogP contribution in [0.5, 0.6) is 5.75 Å². The Kier molecular flexibility index (Phi) is 8.64. The van der Waals surface area contributed by atoms with E-state index in [1.54, 1.807) is 6.07 Å². The van der Waals surface area contributed by atoms with Crippen LogP contribution < -0.4 is 10.6 Å². The fraction of sp³-hybridized carbons (Fsp3) is 0.419. The quantitative estimate of drug-likeness (QED) is 0.243. The summed E-state index contributed by atoms with van der Waals surface area (Å²) in [6, 6.07) is 16.5. The average molecular weight is 529 g/mol. The van der Waals surface area contributed by atoms with Gasteiger partial charge >= 0.3 is 0 Å². The normalized spacial score (nSPS) is 14.4. The Morgan fingerprint density at radius 2 is 1.77 bits per heavy atom. The summed E-state index contributed by atoms with van der Waals surface area (Å²) in [6.07, 6.45) is 2.11. The summed E-state index contributed by atoms with van der Waals surface area (Å²) < 4.78 is 7.71. The van der Waals surface area contributed by atoms with E-state index in [1.807, 2.05) is 13.0 Å². The van der Waals surface area contributed by atoms with Gasteiger partial charge in [-0.05, 0) is 93.2 Å². The molecule has 1 fully saturated rings. The summed E-state index contributed by atoms with van der Waals surface area (Å²) in [7, 11) is 0. The lowest BCUT2D eigenvalue weighted by Crippen LogP contribution is -2.28. The van der Waals surface area contributed by atoms with Gasteiger partial charge in [-0.1, -0.05) is 12.1 Å². The molecular weight excluding hydrogens is 488 g/mol. The Balaban J connectivity index is 1.34. The van der Waals surface area contributed by atoms with Gasteiger partial charge < -0.3 is 29.9 Å². The van der Waals surface area contributed by atoms with Crippen LogP contribution in [0.2, 0.25) is 0 Å². The van der Waals surface area contributed by atoms with Crippen molar-refractivity contribution in [2.45, 2.75) is 46.7 Å². The third kappa shape index (κ3) is 7.07. The van der Waals surface area contributed by atoms with E-state index in [1.165, 1.54) is 11.1 Å². The number of pyridine rings is 1. The fourth-order valence-electron chi connectivity index (χ4n) is 5.25. The first-order valence-corrected chi connectivity index (χ1v) is 14.0. The molecule has 2 aromatic carbocycles. The number of benzene rings is 2. The summed E-state index contributed by atoms with van der Waals surface area (Å²) in [5, 5.41) is 17.6. The van der Waals surface area contributed by atoms with Crippen LogP contribution in [0.15, 0.2) is 48.5 Å². The molecule has 1 aliphatic rings. The maximum atomic E-state index is 10.5. The van der Waals surface area contributed by atoms with Crippen LogP contribution in [0, 0.1) is 20.8 Å². The maximum Gasteiger partial charge on any atom is 0.204 e. The van der Waals surface area contributed by atoms with Crippen LogP contribution in [0.3, 0.4) is 0 Å². The van der Waals surface area contributed by atoms with Crippen molar-refractivity contribution in [3.8, 4) is 5.75 Å². The van der Waals surface area contributed by atoms with Crippen LogP contribution in [0.25, 0.3) is 11.0 Å². The molecule has 206 valence electrons. The predicted molar refractivity (Wildman–Crippen MR) is 158 cm³/mol. The highest BCUT2D eigenvalue weighted by atomic mass is 16.5. The van der Waals surface area contributed by atoms with Crippen molar-refractivity contribution in [2.75, 3.05) is 50.0 Å². The number of anilines is 2. The van der Waals surface area contributed by atoms with Gasteiger partial charge in [0, 0.05) is 44.2 Å². The fourth-order valence-corrected chi connectivity index (χ4v) is 5.25. The minimum absolute atomic E-state index is 0.200. The molecule has 2 aromatic heterocycles. The number of nitrogens with one attached hydrogen (secondary N) is 2. The number of hydrogen-bond acceptors (Lipinski definition) is 7. The number of ether oxygens (including phenoxy) is 1. The van der Waals surface area contributed by atoms with E-state index in [0.29, 0.717) is 18.8 Å². The zero-order chi connectivity index (χ0) is 27.2. The maximum absolute atomic E-state index is 10.5. The largest absolute Gasteiger partial charge is 0.506 e. The summed E-state index contributed by atoms with van der Waals surface area (Å²) >= 11 is 0. The second kappa shape index (κ2) is 12.5. The molecule has 0 amide bonds. The second-order valence-corrected chi connectivity index (χ2v) is 10.6. The van der Waals surface area contributed by atoms with Crippen molar-refractivity contribution in [3.05, 3.63) is 76.6 Å². The Morgan fingerprint density at radius 3 is 2.62 bits per heavy atom. The highest BCUT2D eigenvalue weighted by Gasteiger charge is 2.15. The van der Waals surface area contributed by atoms with E-state index in [-0.39, 0.29) is 5.75 Å². The lowest BCUT2D eigenvalue weighted by atomic mass is 10.1. The molecule has 0 aliphatic carbocycles. The van der Waals surface area contributed by atoms with Gasteiger partial charge in [0.2, 0.25) is 5.95 Å². The number of aromatic hydroxyl groups is 1. The second-order valence-electron chi connectivity index (χ2n) is 10.6. The number of nitrogens with zero attached hydrogens (tertiary/aromatic N) is 4.